The summed E-state index contributed by atoms with van der Waals surface area (Å²) < 4.78 is 0. The highest BCUT2D eigenvalue weighted by atomic mass is 16.2. The van der Waals surface area contributed by atoms with Crippen molar-refractivity contribution in [3.8, 4) is 0 Å². The number of fused-ring (bicyclic) bond motifs is 1. The number of rotatable bonds is 3. The zero-order chi connectivity index (χ0) is 18.8. The Morgan fingerprint density at radius 2 is 1.78 bits per heavy atom. The summed E-state index contributed by atoms with van der Waals surface area (Å²) in [5.41, 5.74) is 4.14. The van der Waals surface area contributed by atoms with Crippen LogP contribution >= 0.6 is 0 Å². The van der Waals surface area contributed by atoms with Crippen LogP contribution in [0.15, 0.2) is 18.2 Å². The van der Waals surface area contributed by atoms with Crippen LogP contribution in [0.1, 0.15) is 49.7 Å². The standard InChI is InChI=1S/C23H35N3O/c1-18-7-5-11-21(19(18)2)25-15-13-24(14-16-25)17-23(27)26-12-6-9-20-8-3-4-10-22(20)26/h5,7,11,20,22H,3-4,6,8-10,12-17H2,1-2H3/p+1/t20-,22+/m0/s1. The highest BCUT2D eigenvalue weighted by Gasteiger charge is 2.37. The molecule has 1 amide bonds. The third-order valence-electron chi connectivity index (χ3n) is 7.35. The van der Waals surface area contributed by atoms with Gasteiger partial charge in [-0.3, -0.25) is 4.79 Å². The largest absolute Gasteiger partial charge is 0.360 e. The molecule has 2 saturated heterocycles. The number of carbonyl (C=O) groups excluding carboxylic acids is 1. The fourth-order valence-corrected chi connectivity index (χ4v) is 5.57. The molecule has 3 fully saturated rings. The predicted octanol–water partition coefficient (Wildman–Crippen LogP) is 2.19. The van der Waals surface area contributed by atoms with Crippen LogP contribution in [0.2, 0.25) is 0 Å². The number of likely N-dealkylation sites (tertiary alicyclic amines) is 1. The zero-order valence-electron chi connectivity index (χ0n) is 17.2. The smallest absolute Gasteiger partial charge is 0.278 e. The number of carbonyl (C=O) groups is 1. The van der Waals surface area contributed by atoms with Crippen LogP contribution in [-0.2, 0) is 4.79 Å². The summed E-state index contributed by atoms with van der Waals surface area (Å²) in [7, 11) is 0. The third kappa shape index (κ3) is 4.01. The molecule has 0 unspecified atom stereocenters. The maximum absolute atomic E-state index is 13.1. The molecular formula is C23H36N3O+. The highest BCUT2D eigenvalue weighted by Crippen LogP contribution is 2.35. The van der Waals surface area contributed by atoms with E-state index in [-0.39, 0.29) is 0 Å². The second-order valence-corrected chi connectivity index (χ2v) is 8.97. The number of piperazine rings is 1. The number of anilines is 1. The molecule has 2 atom stereocenters. The van der Waals surface area contributed by atoms with Crippen molar-refractivity contribution in [3.63, 3.8) is 0 Å². The molecule has 2 aliphatic heterocycles. The molecule has 27 heavy (non-hydrogen) atoms. The van der Waals surface area contributed by atoms with Crippen LogP contribution < -0.4 is 9.80 Å². The van der Waals surface area contributed by atoms with Crippen molar-refractivity contribution in [1.29, 1.82) is 0 Å². The summed E-state index contributed by atoms with van der Waals surface area (Å²) >= 11 is 0. The molecule has 4 nitrogen and oxygen atoms in total. The second-order valence-electron chi connectivity index (χ2n) is 8.97. The molecular weight excluding hydrogens is 334 g/mol. The van der Waals surface area contributed by atoms with E-state index in [9.17, 15) is 4.79 Å². The molecule has 1 aromatic carbocycles. The van der Waals surface area contributed by atoms with Gasteiger partial charge in [0.2, 0.25) is 0 Å². The number of amides is 1. The topological polar surface area (TPSA) is 28.0 Å². The number of hydrogen-bond donors (Lipinski definition) is 1. The monoisotopic (exact) mass is 370 g/mol. The molecule has 1 saturated carbocycles. The Labute approximate surface area is 164 Å². The van der Waals surface area contributed by atoms with Crippen molar-refractivity contribution in [1.82, 2.24) is 4.90 Å². The summed E-state index contributed by atoms with van der Waals surface area (Å²) in [5, 5.41) is 0. The number of hydrogen-bond acceptors (Lipinski definition) is 2. The molecule has 1 aromatic rings. The normalized spacial score (nSPS) is 26.7. The molecule has 2 heterocycles. The van der Waals surface area contributed by atoms with Gasteiger partial charge < -0.3 is 14.7 Å². The van der Waals surface area contributed by atoms with Crippen LogP contribution in [0.25, 0.3) is 0 Å². The molecule has 0 aromatic heterocycles. The maximum atomic E-state index is 13.1. The SMILES string of the molecule is Cc1cccc(N2CC[NH+](CC(=O)N3CCC[C@@H]4CCCC[C@H]43)CC2)c1C. The average Bonchev–Trinajstić information content (AvgIpc) is 2.70. The van der Waals surface area contributed by atoms with Crippen molar-refractivity contribution >= 4 is 11.6 Å². The first-order valence-electron chi connectivity index (χ1n) is 11.1. The number of benzene rings is 1. The number of piperidine rings is 1. The Balaban J connectivity index is 1.32. The summed E-state index contributed by atoms with van der Waals surface area (Å²) in [6.07, 6.45) is 7.82. The van der Waals surface area contributed by atoms with Gasteiger partial charge in [-0.25, -0.2) is 0 Å². The van der Waals surface area contributed by atoms with E-state index in [0.29, 0.717) is 18.5 Å². The van der Waals surface area contributed by atoms with E-state index in [1.165, 1.54) is 60.2 Å². The molecule has 4 rings (SSSR count). The minimum absolute atomic E-state index is 0.418. The average molecular weight is 371 g/mol. The predicted molar refractivity (Wildman–Crippen MR) is 110 cm³/mol. The molecule has 0 bridgehead atoms. The lowest BCUT2D eigenvalue weighted by atomic mass is 9.78. The first-order valence-corrected chi connectivity index (χ1v) is 11.1. The first kappa shape index (κ1) is 18.8. The van der Waals surface area contributed by atoms with Gasteiger partial charge >= 0.3 is 0 Å². The van der Waals surface area contributed by atoms with Crippen LogP contribution in [0, 0.1) is 19.8 Å². The number of quaternary nitrogens is 1. The Morgan fingerprint density at radius 1 is 1.04 bits per heavy atom. The summed E-state index contributed by atoms with van der Waals surface area (Å²) in [6, 6.07) is 7.15. The van der Waals surface area contributed by atoms with Crippen molar-refractivity contribution in [2.45, 2.75) is 58.4 Å². The lowest BCUT2D eigenvalue weighted by Crippen LogP contribution is -3.16. The quantitative estimate of drug-likeness (QED) is 0.883. The van der Waals surface area contributed by atoms with E-state index in [1.54, 1.807) is 0 Å². The Bertz CT molecular complexity index is 664. The third-order valence-corrected chi connectivity index (χ3v) is 7.35. The molecule has 4 heteroatoms. The van der Waals surface area contributed by atoms with Gasteiger partial charge in [-0.1, -0.05) is 25.0 Å². The van der Waals surface area contributed by atoms with E-state index in [0.717, 1.165) is 38.6 Å². The van der Waals surface area contributed by atoms with Crippen molar-refractivity contribution in [2.75, 3.05) is 44.2 Å². The lowest BCUT2D eigenvalue weighted by molar-refractivity contribution is -0.892. The lowest BCUT2D eigenvalue weighted by Gasteiger charge is -2.44. The van der Waals surface area contributed by atoms with Gasteiger partial charge in [-0.2, -0.15) is 0 Å². The zero-order valence-corrected chi connectivity index (χ0v) is 17.2. The van der Waals surface area contributed by atoms with E-state index in [2.05, 4.69) is 41.8 Å². The van der Waals surface area contributed by atoms with Gasteiger partial charge in [0.15, 0.2) is 6.54 Å². The van der Waals surface area contributed by atoms with Crippen molar-refractivity contribution < 1.29 is 9.69 Å². The Hall–Kier alpha value is -1.55. The van der Waals surface area contributed by atoms with Crippen molar-refractivity contribution in [2.24, 2.45) is 5.92 Å². The van der Waals surface area contributed by atoms with Gasteiger partial charge in [0.05, 0.1) is 26.2 Å². The fraction of sp³-hybridized carbons (Fsp3) is 0.696. The molecule has 0 radical (unpaired) electrons. The van der Waals surface area contributed by atoms with Crippen LogP contribution in [0.5, 0.6) is 0 Å². The van der Waals surface area contributed by atoms with Gasteiger partial charge in [0.1, 0.15) is 0 Å². The second kappa shape index (κ2) is 8.22. The van der Waals surface area contributed by atoms with Crippen LogP contribution in [0.4, 0.5) is 5.69 Å². The first-order chi connectivity index (χ1) is 13.1. The minimum Gasteiger partial charge on any atom is -0.360 e. The number of nitrogens with zero attached hydrogens (tertiary/aromatic N) is 2. The highest BCUT2D eigenvalue weighted by molar-refractivity contribution is 5.77. The molecule has 1 aliphatic carbocycles. The molecule has 0 spiro atoms. The fourth-order valence-electron chi connectivity index (χ4n) is 5.57. The Morgan fingerprint density at radius 3 is 2.59 bits per heavy atom. The van der Waals surface area contributed by atoms with Gasteiger partial charge in [0.25, 0.3) is 5.91 Å². The molecule has 148 valence electrons. The molecule has 1 N–H and O–H groups in total. The number of aryl methyl sites for hydroxylation is 1. The van der Waals surface area contributed by atoms with E-state index in [1.807, 2.05) is 0 Å². The Kier molecular flexibility index (Phi) is 5.72. The van der Waals surface area contributed by atoms with E-state index < -0.39 is 0 Å². The maximum Gasteiger partial charge on any atom is 0.278 e. The van der Waals surface area contributed by atoms with Crippen LogP contribution in [-0.4, -0.2) is 56.1 Å². The number of nitrogens with one attached hydrogen (secondary N) is 1. The molecule has 3 aliphatic rings. The van der Waals surface area contributed by atoms with Gasteiger partial charge in [-0.05, 0) is 62.6 Å². The van der Waals surface area contributed by atoms with Crippen LogP contribution in [0.3, 0.4) is 0 Å². The van der Waals surface area contributed by atoms with Crippen molar-refractivity contribution in [3.05, 3.63) is 29.3 Å². The minimum atomic E-state index is 0.418. The summed E-state index contributed by atoms with van der Waals surface area (Å²) in [6.45, 7) is 10.4. The summed E-state index contributed by atoms with van der Waals surface area (Å²) in [5.74, 6) is 1.20. The van der Waals surface area contributed by atoms with E-state index in [4.69, 9.17) is 0 Å². The van der Waals surface area contributed by atoms with Gasteiger partial charge in [-0.15, -0.1) is 0 Å². The van der Waals surface area contributed by atoms with Gasteiger partial charge in [0, 0.05) is 18.3 Å². The van der Waals surface area contributed by atoms with E-state index >= 15 is 0 Å². The summed E-state index contributed by atoms with van der Waals surface area (Å²) in [4.78, 5) is 19.3.